The third kappa shape index (κ3) is 2.42. The van der Waals surface area contributed by atoms with Gasteiger partial charge in [-0.15, -0.1) is 11.6 Å². The van der Waals surface area contributed by atoms with E-state index < -0.39 is 34.1 Å². The van der Waals surface area contributed by atoms with Crippen molar-refractivity contribution in [2.45, 2.75) is 5.38 Å². The molecule has 1 unspecified atom stereocenters. The van der Waals surface area contributed by atoms with Crippen molar-refractivity contribution in [2.24, 2.45) is 0 Å². The molecule has 0 saturated heterocycles. The minimum Gasteiger partial charge on any atom is -0.306 e. The van der Waals surface area contributed by atoms with E-state index >= 15 is 0 Å². The molecule has 21 heavy (non-hydrogen) atoms. The molecule has 3 aromatic rings. The lowest BCUT2D eigenvalue weighted by molar-refractivity contribution is 0.526. The molecule has 7 heteroatoms. The second-order valence-corrected chi connectivity index (χ2v) is 4.97. The SMILES string of the molecule is O=c1[nH]c2ccc(C(Cl)c3c(F)cc(F)cc3F)cc2[nH]1. The van der Waals surface area contributed by atoms with E-state index in [2.05, 4.69) is 9.97 Å². The normalized spacial score (nSPS) is 12.8. The highest BCUT2D eigenvalue weighted by Crippen LogP contribution is 2.33. The van der Waals surface area contributed by atoms with Gasteiger partial charge in [0.25, 0.3) is 0 Å². The minimum atomic E-state index is -1.14. The summed E-state index contributed by atoms with van der Waals surface area (Å²) in [5, 5.41) is -1.14. The highest BCUT2D eigenvalue weighted by molar-refractivity contribution is 6.22. The first-order valence-corrected chi connectivity index (χ1v) is 6.40. The van der Waals surface area contributed by atoms with Gasteiger partial charge in [-0.3, -0.25) is 0 Å². The van der Waals surface area contributed by atoms with Crippen LogP contribution in [0.2, 0.25) is 0 Å². The Morgan fingerprint density at radius 1 is 0.952 bits per heavy atom. The van der Waals surface area contributed by atoms with Crippen LogP contribution >= 0.6 is 11.6 Å². The monoisotopic (exact) mass is 312 g/mol. The molecule has 1 aromatic heterocycles. The Balaban J connectivity index is 2.11. The predicted molar refractivity (Wildman–Crippen MR) is 72.9 cm³/mol. The molecule has 0 radical (unpaired) electrons. The van der Waals surface area contributed by atoms with Gasteiger partial charge in [0.15, 0.2) is 0 Å². The maximum Gasteiger partial charge on any atom is 0.323 e. The molecule has 2 aromatic carbocycles. The fourth-order valence-electron chi connectivity index (χ4n) is 2.17. The number of hydrogen-bond donors (Lipinski definition) is 2. The van der Waals surface area contributed by atoms with Crippen molar-refractivity contribution in [2.75, 3.05) is 0 Å². The highest BCUT2D eigenvalue weighted by Gasteiger charge is 2.21. The minimum absolute atomic E-state index is 0.379. The summed E-state index contributed by atoms with van der Waals surface area (Å²) in [6.45, 7) is 0. The van der Waals surface area contributed by atoms with Gasteiger partial charge in [0.1, 0.15) is 17.5 Å². The van der Waals surface area contributed by atoms with Gasteiger partial charge < -0.3 is 9.97 Å². The summed E-state index contributed by atoms with van der Waals surface area (Å²) in [4.78, 5) is 16.2. The Morgan fingerprint density at radius 3 is 2.24 bits per heavy atom. The first-order chi connectivity index (χ1) is 9.95. The number of imidazole rings is 1. The van der Waals surface area contributed by atoms with Crippen molar-refractivity contribution in [3.05, 3.63) is 69.4 Å². The lowest BCUT2D eigenvalue weighted by atomic mass is 10.0. The summed E-state index contributed by atoms with van der Waals surface area (Å²) in [6, 6.07) is 5.76. The maximum absolute atomic E-state index is 13.7. The number of aromatic amines is 2. The van der Waals surface area contributed by atoms with Gasteiger partial charge in [0.2, 0.25) is 0 Å². The van der Waals surface area contributed by atoms with Gasteiger partial charge in [-0.25, -0.2) is 18.0 Å². The molecule has 0 aliphatic heterocycles. The predicted octanol–water partition coefficient (Wildman–Crippen LogP) is 3.60. The van der Waals surface area contributed by atoms with Crippen molar-refractivity contribution >= 4 is 22.6 Å². The Bertz CT molecular complexity index is 864. The van der Waals surface area contributed by atoms with Gasteiger partial charge in [0.05, 0.1) is 16.4 Å². The number of nitrogens with one attached hydrogen (secondary N) is 2. The largest absolute Gasteiger partial charge is 0.323 e. The van der Waals surface area contributed by atoms with E-state index in [9.17, 15) is 18.0 Å². The van der Waals surface area contributed by atoms with Crippen LogP contribution in [0.4, 0.5) is 13.2 Å². The molecule has 0 fully saturated rings. The molecule has 0 aliphatic rings. The van der Waals surface area contributed by atoms with Crippen molar-refractivity contribution in [1.29, 1.82) is 0 Å². The van der Waals surface area contributed by atoms with E-state index in [0.29, 0.717) is 28.7 Å². The van der Waals surface area contributed by atoms with Gasteiger partial charge in [0, 0.05) is 17.7 Å². The fraction of sp³-hybridized carbons (Fsp3) is 0.0714. The highest BCUT2D eigenvalue weighted by atomic mass is 35.5. The molecule has 0 aliphatic carbocycles. The number of rotatable bonds is 2. The Labute approximate surface area is 121 Å². The van der Waals surface area contributed by atoms with Crippen molar-refractivity contribution in [3.63, 3.8) is 0 Å². The van der Waals surface area contributed by atoms with Crippen LogP contribution in [-0.4, -0.2) is 9.97 Å². The number of fused-ring (bicyclic) bond motifs is 1. The second-order valence-electron chi connectivity index (χ2n) is 4.53. The quantitative estimate of drug-likeness (QED) is 0.698. The molecule has 2 N–H and O–H groups in total. The summed E-state index contributed by atoms with van der Waals surface area (Å²) in [7, 11) is 0. The molecule has 0 saturated carbocycles. The van der Waals surface area contributed by atoms with Crippen LogP contribution in [-0.2, 0) is 0 Å². The van der Waals surface area contributed by atoms with E-state index in [-0.39, 0.29) is 0 Å². The van der Waals surface area contributed by atoms with Crippen LogP contribution in [0.5, 0.6) is 0 Å². The number of benzene rings is 2. The van der Waals surface area contributed by atoms with E-state index in [1.807, 2.05) is 0 Å². The summed E-state index contributed by atoms with van der Waals surface area (Å²) >= 11 is 6.10. The van der Waals surface area contributed by atoms with Crippen LogP contribution in [0.1, 0.15) is 16.5 Å². The molecular formula is C14H8ClF3N2O. The topological polar surface area (TPSA) is 48.6 Å². The Hall–Kier alpha value is -2.21. The standard InChI is InChI=1S/C14H8ClF3N2O/c15-13(12-8(17)4-7(16)5-9(12)18)6-1-2-10-11(3-6)20-14(21)19-10/h1-5,13H,(H2,19,20,21). The average molecular weight is 313 g/mol. The van der Waals surface area contributed by atoms with E-state index in [1.165, 1.54) is 12.1 Å². The molecule has 0 amide bonds. The van der Waals surface area contributed by atoms with Gasteiger partial charge >= 0.3 is 5.69 Å². The number of H-pyrrole nitrogens is 2. The van der Waals surface area contributed by atoms with Crippen LogP contribution in [0.25, 0.3) is 11.0 Å². The average Bonchev–Trinajstić information content (AvgIpc) is 2.76. The first-order valence-electron chi connectivity index (χ1n) is 5.96. The van der Waals surface area contributed by atoms with Crippen LogP contribution in [0.3, 0.4) is 0 Å². The van der Waals surface area contributed by atoms with Gasteiger partial charge in [-0.05, 0) is 17.7 Å². The van der Waals surface area contributed by atoms with Gasteiger partial charge in [-0.1, -0.05) is 6.07 Å². The first kappa shape index (κ1) is 13.8. The number of halogens is 4. The summed E-state index contributed by atoms with van der Waals surface area (Å²) < 4.78 is 40.4. The summed E-state index contributed by atoms with van der Waals surface area (Å²) in [5.41, 5.74) is 0.560. The van der Waals surface area contributed by atoms with E-state index in [0.717, 1.165) is 0 Å². The zero-order valence-electron chi connectivity index (χ0n) is 10.4. The van der Waals surface area contributed by atoms with Crippen LogP contribution in [0, 0.1) is 17.5 Å². The van der Waals surface area contributed by atoms with Crippen molar-refractivity contribution in [3.8, 4) is 0 Å². The molecule has 108 valence electrons. The molecule has 1 atom stereocenters. The summed E-state index contributed by atoms with van der Waals surface area (Å²) in [5.74, 6) is -3.13. The number of alkyl halides is 1. The number of aromatic nitrogens is 2. The lowest BCUT2D eigenvalue weighted by Crippen LogP contribution is -2.02. The van der Waals surface area contributed by atoms with E-state index in [1.54, 1.807) is 6.07 Å². The fourth-order valence-corrected chi connectivity index (χ4v) is 2.51. The molecule has 1 heterocycles. The van der Waals surface area contributed by atoms with Crippen molar-refractivity contribution < 1.29 is 13.2 Å². The molecule has 3 rings (SSSR count). The molecule has 0 bridgehead atoms. The van der Waals surface area contributed by atoms with E-state index in [4.69, 9.17) is 11.6 Å². The maximum atomic E-state index is 13.7. The molecular weight excluding hydrogens is 305 g/mol. The van der Waals surface area contributed by atoms with Crippen LogP contribution in [0.15, 0.2) is 35.1 Å². The Morgan fingerprint density at radius 2 is 1.57 bits per heavy atom. The zero-order chi connectivity index (χ0) is 15.1. The Kier molecular flexibility index (Phi) is 3.25. The second kappa shape index (κ2) is 4.96. The third-order valence-electron chi connectivity index (χ3n) is 3.13. The molecule has 0 spiro atoms. The lowest BCUT2D eigenvalue weighted by Gasteiger charge is -2.12. The van der Waals surface area contributed by atoms with Crippen LogP contribution < -0.4 is 5.69 Å². The third-order valence-corrected chi connectivity index (χ3v) is 3.60. The van der Waals surface area contributed by atoms with Crippen molar-refractivity contribution in [1.82, 2.24) is 9.97 Å². The summed E-state index contributed by atoms with van der Waals surface area (Å²) in [6.07, 6.45) is 0. The zero-order valence-corrected chi connectivity index (χ0v) is 11.1. The smallest absolute Gasteiger partial charge is 0.306 e. The number of hydrogen-bond acceptors (Lipinski definition) is 1. The van der Waals surface area contributed by atoms with Gasteiger partial charge in [-0.2, -0.15) is 0 Å². The molecule has 3 nitrogen and oxygen atoms in total.